The number of nitrogens with two attached hydrogens (primary N) is 1. The fraction of sp³-hybridized carbons (Fsp3) is 0.385. The highest BCUT2D eigenvalue weighted by Crippen LogP contribution is 2.31. The number of amidine groups is 1. The standard InChI is InChI=1S/C13H15BrFN3O2/c14-8-4-3-5-9(15)10(8)11(19)17-13(12(16)18-20)6-1-2-7-13/h3-5,20H,1-2,6-7H2,(H2,16,18)(H,17,19). The molecule has 20 heavy (non-hydrogen) atoms. The highest BCUT2D eigenvalue weighted by Gasteiger charge is 2.40. The van der Waals surface area contributed by atoms with Gasteiger partial charge < -0.3 is 16.3 Å². The number of nitrogens with one attached hydrogen (secondary N) is 1. The Bertz CT molecular complexity index is 536. The molecule has 1 aromatic rings. The molecule has 0 heterocycles. The molecule has 1 saturated carbocycles. The zero-order chi connectivity index (χ0) is 14.8. The van der Waals surface area contributed by atoms with Crippen LogP contribution in [0.3, 0.4) is 0 Å². The summed E-state index contributed by atoms with van der Waals surface area (Å²) in [4.78, 5) is 12.3. The summed E-state index contributed by atoms with van der Waals surface area (Å²) in [6.07, 6.45) is 2.85. The Kier molecular flexibility index (Phi) is 4.27. The molecule has 5 nitrogen and oxygen atoms in total. The minimum atomic E-state index is -0.895. The van der Waals surface area contributed by atoms with E-state index in [1.807, 2.05) is 0 Å². The number of benzene rings is 1. The van der Waals surface area contributed by atoms with Crippen molar-refractivity contribution in [1.82, 2.24) is 5.32 Å². The molecule has 0 radical (unpaired) electrons. The molecule has 108 valence electrons. The van der Waals surface area contributed by atoms with Crippen molar-refractivity contribution in [3.8, 4) is 0 Å². The summed E-state index contributed by atoms with van der Waals surface area (Å²) in [5, 5.41) is 14.6. The molecule has 1 fully saturated rings. The van der Waals surface area contributed by atoms with Crippen molar-refractivity contribution < 1.29 is 14.4 Å². The first-order valence-electron chi connectivity index (χ1n) is 6.25. The van der Waals surface area contributed by atoms with Gasteiger partial charge in [0.25, 0.3) is 5.91 Å². The Morgan fingerprint density at radius 1 is 1.45 bits per heavy atom. The molecule has 1 amide bonds. The Hall–Kier alpha value is -1.63. The topological polar surface area (TPSA) is 87.7 Å². The van der Waals surface area contributed by atoms with Crippen LogP contribution in [0.4, 0.5) is 4.39 Å². The van der Waals surface area contributed by atoms with Gasteiger partial charge in [-0.3, -0.25) is 4.79 Å². The van der Waals surface area contributed by atoms with E-state index in [0.717, 1.165) is 12.8 Å². The molecule has 1 aromatic carbocycles. The fourth-order valence-electron chi connectivity index (χ4n) is 2.51. The molecule has 0 unspecified atom stereocenters. The highest BCUT2D eigenvalue weighted by atomic mass is 79.9. The van der Waals surface area contributed by atoms with Crippen LogP contribution in [0, 0.1) is 5.82 Å². The first kappa shape index (κ1) is 14.8. The first-order valence-corrected chi connectivity index (χ1v) is 7.04. The Labute approximate surface area is 124 Å². The van der Waals surface area contributed by atoms with Crippen LogP contribution >= 0.6 is 15.9 Å². The second-order valence-corrected chi connectivity index (χ2v) is 5.68. The van der Waals surface area contributed by atoms with Gasteiger partial charge in [0.05, 0.1) is 5.56 Å². The second kappa shape index (κ2) is 5.78. The van der Waals surface area contributed by atoms with E-state index in [0.29, 0.717) is 17.3 Å². The van der Waals surface area contributed by atoms with Crippen molar-refractivity contribution in [3.05, 3.63) is 34.1 Å². The van der Waals surface area contributed by atoms with Gasteiger partial charge in [0.1, 0.15) is 11.4 Å². The van der Waals surface area contributed by atoms with Gasteiger partial charge in [0.2, 0.25) is 0 Å². The predicted octanol–water partition coefficient (Wildman–Crippen LogP) is 2.38. The van der Waals surface area contributed by atoms with Crippen molar-refractivity contribution in [1.29, 1.82) is 0 Å². The molecule has 0 spiro atoms. The SMILES string of the molecule is N/C(=N/O)C1(NC(=O)c2c(F)cccc2Br)CCCC1. The number of oxime groups is 1. The van der Waals surface area contributed by atoms with Crippen LogP contribution in [0.15, 0.2) is 27.8 Å². The third-order valence-corrected chi connectivity index (χ3v) is 4.26. The lowest BCUT2D eigenvalue weighted by Gasteiger charge is -2.29. The van der Waals surface area contributed by atoms with Crippen LogP contribution in [-0.2, 0) is 0 Å². The fourth-order valence-corrected chi connectivity index (χ4v) is 3.04. The highest BCUT2D eigenvalue weighted by molar-refractivity contribution is 9.10. The monoisotopic (exact) mass is 343 g/mol. The van der Waals surface area contributed by atoms with E-state index in [2.05, 4.69) is 26.4 Å². The number of hydrogen-bond donors (Lipinski definition) is 3. The van der Waals surface area contributed by atoms with Crippen molar-refractivity contribution in [3.63, 3.8) is 0 Å². The maximum absolute atomic E-state index is 13.8. The summed E-state index contributed by atoms with van der Waals surface area (Å²) in [5.74, 6) is -1.25. The van der Waals surface area contributed by atoms with E-state index in [1.54, 1.807) is 6.07 Å². The van der Waals surface area contributed by atoms with Gasteiger partial charge in [-0.15, -0.1) is 0 Å². The third kappa shape index (κ3) is 2.63. The number of carbonyl (C=O) groups excluding carboxylic acids is 1. The first-order chi connectivity index (χ1) is 9.50. The van der Waals surface area contributed by atoms with E-state index < -0.39 is 17.3 Å². The molecule has 0 aliphatic heterocycles. The molecule has 0 bridgehead atoms. The maximum Gasteiger partial charge on any atom is 0.256 e. The zero-order valence-electron chi connectivity index (χ0n) is 10.7. The van der Waals surface area contributed by atoms with Crippen LogP contribution in [-0.4, -0.2) is 22.5 Å². The van der Waals surface area contributed by atoms with Crippen molar-refractivity contribution >= 4 is 27.7 Å². The molecule has 1 aliphatic carbocycles. The summed E-state index contributed by atoms with van der Waals surface area (Å²) in [6, 6.07) is 4.30. The number of halogens is 2. The van der Waals surface area contributed by atoms with E-state index in [9.17, 15) is 9.18 Å². The average molecular weight is 344 g/mol. The summed E-state index contributed by atoms with van der Waals surface area (Å²) >= 11 is 3.16. The average Bonchev–Trinajstić information content (AvgIpc) is 2.87. The lowest BCUT2D eigenvalue weighted by molar-refractivity contribution is 0.0917. The number of carbonyl (C=O) groups is 1. The lowest BCUT2D eigenvalue weighted by atomic mass is 9.95. The zero-order valence-corrected chi connectivity index (χ0v) is 12.3. The van der Waals surface area contributed by atoms with Crippen LogP contribution in [0.25, 0.3) is 0 Å². The molecule has 0 atom stereocenters. The van der Waals surface area contributed by atoms with Crippen LogP contribution < -0.4 is 11.1 Å². The summed E-state index contributed by atoms with van der Waals surface area (Å²) in [5.41, 5.74) is 4.72. The smallest absolute Gasteiger partial charge is 0.256 e. The van der Waals surface area contributed by atoms with Crippen LogP contribution in [0.2, 0.25) is 0 Å². The van der Waals surface area contributed by atoms with Gasteiger partial charge in [-0.1, -0.05) is 24.1 Å². The molecule has 2 rings (SSSR count). The summed E-state index contributed by atoms with van der Waals surface area (Å²) in [6.45, 7) is 0. The lowest BCUT2D eigenvalue weighted by Crippen LogP contribution is -2.55. The molecule has 4 N–H and O–H groups in total. The predicted molar refractivity (Wildman–Crippen MR) is 76.2 cm³/mol. The van der Waals surface area contributed by atoms with Crippen molar-refractivity contribution in [2.75, 3.05) is 0 Å². The minimum absolute atomic E-state index is 0.0455. The summed E-state index contributed by atoms with van der Waals surface area (Å²) < 4.78 is 14.1. The quantitative estimate of drug-likeness (QED) is 0.340. The van der Waals surface area contributed by atoms with Gasteiger partial charge in [-0.25, -0.2) is 4.39 Å². The molecule has 0 saturated heterocycles. The Morgan fingerprint density at radius 3 is 2.65 bits per heavy atom. The summed E-state index contributed by atoms with van der Waals surface area (Å²) in [7, 11) is 0. The number of nitrogens with zero attached hydrogens (tertiary/aromatic N) is 1. The molecule has 1 aliphatic rings. The number of hydrogen-bond acceptors (Lipinski definition) is 3. The largest absolute Gasteiger partial charge is 0.409 e. The molecule has 0 aromatic heterocycles. The van der Waals surface area contributed by atoms with E-state index in [1.165, 1.54) is 12.1 Å². The van der Waals surface area contributed by atoms with E-state index >= 15 is 0 Å². The Balaban J connectivity index is 2.30. The Morgan fingerprint density at radius 2 is 2.10 bits per heavy atom. The van der Waals surface area contributed by atoms with Crippen molar-refractivity contribution in [2.24, 2.45) is 10.9 Å². The van der Waals surface area contributed by atoms with E-state index in [4.69, 9.17) is 10.9 Å². The van der Waals surface area contributed by atoms with Gasteiger partial charge in [-0.2, -0.15) is 0 Å². The van der Waals surface area contributed by atoms with Crippen molar-refractivity contribution in [2.45, 2.75) is 31.2 Å². The number of amides is 1. The second-order valence-electron chi connectivity index (χ2n) is 4.83. The molecular weight excluding hydrogens is 329 g/mol. The van der Waals surface area contributed by atoms with Gasteiger partial charge >= 0.3 is 0 Å². The molecule has 7 heteroatoms. The number of rotatable bonds is 3. The third-order valence-electron chi connectivity index (χ3n) is 3.60. The van der Waals surface area contributed by atoms with Gasteiger partial charge in [0.15, 0.2) is 5.84 Å². The van der Waals surface area contributed by atoms with Crippen LogP contribution in [0.1, 0.15) is 36.0 Å². The van der Waals surface area contributed by atoms with Gasteiger partial charge in [0, 0.05) is 4.47 Å². The van der Waals surface area contributed by atoms with Crippen LogP contribution in [0.5, 0.6) is 0 Å². The van der Waals surface area contributed by atoms with E-state index in [-0.39, 0.29) is 11.4 Å². The maximum atomic E-state index is 13.8. The van der Waals surface area contributed by atoms with Gasteiger partial charge in [-0.05, 0) is 40.9 Å². The molecular formula is C13H15BrFN3O2. The normalized spacial score (nSPS) is 18.0. The minimum Gasteiger partial charge on any atom is -0.409 e.